The third-order valence-corrected chi connectivity index (χ3v) is 5.29. The molecule has 0 unspecified atom stereocenters. The molecule has 2 aliphatic heterocycles. The van der Waals surface area contributed by atoms with E-state index in [1.54, 1.807) is 18.2 Å². The molecule has 4 rings (SSSR count). The molecule has 0 aliphatic carbocycles. The molecule has 2 aromatic rings. The number of hydrogen-bond donors (Lipinski definition) is 0. The van der Waals surface area contributed by atoms with Gasteiger partial charge in [-0.05, 0) is 50.2 Å². The van der Waals surface area contributed by atoms with Crippen LogP contribution in [-0.4, -0.2) is 61.1 Å². The monoisotopic (exact) mass is 410 g/mol. The topological polar surface area (TPSA) is 85.4 Å². The number of piperidine rings is 1. The number of fused-ring (bicyclic) bond motifs is 1. The van der Waals surface area contributed by atoms with Gasteiger partial charge in [0.15, 0.2) is 11.5 Å². The van der Waals surface area contributed by atoms with Gasteiger partial charge in [0.1, 0.15) is 6.10 Å². The zero-order valence-electron chi connectivity index (χ0n) is 16.8. The average Bonchev–Trinajstić information content (AvgIpc) is 3.00. The van der Waals surface area contributed by atoms with Crippen LogP contribution < -0.4 is 9.47 Å². The van der Waals surface area contributed by atoms with Crippen LogP contribution in [0.2, 0.25) is 0 Å². The van der Waals surface area contributed by atoms with Crippen LogP contribution in [0.25, 0.3) is 0 Å². The Kier molecular flexibility index (Phi) is 5.41. The molecule has 0 bridgehead atoms. The summed E-state index contributed by atoms with van der Waals surface area (Å²) in [6, 6.07) is 10.9. The van der Waals surface area contributed by atoms with Gasteiger partial charge in [-0.2, -0.15) is 0 Å². The number of methoxy groups -OCH3 is 1. The van der Waals surface area contributed by atoms with E-state index >= 15 is 0 Å². The lowest BCUT2D eigenvalue weighted by atomic mass is 10.1. The van der Waals surface area contributed by atoms with E-state index in [-0.39, 0.29) is 22.8 Å². The number of likely N-dealkylation sites (tertiary alicyclic amines) is 1. The van der Waals surface area contributed by atoms with Gasteiger partial charge in [-0.3, -0.25) is 9.59 Å². The predicted molar refractivity (Wildman–Crippen MR) is 106 cm³/mol. The zero-order chi connectivity index (χ0) is 21.3. The summed E-state index contributed by atoms with van der Waals surface area (Å²) in [5.74, 6) is -1.25. The molecule has 8 nitrogen and oxygen atoms in total. The highest BCUT2D eigenvalue weighted by Crippen LogP contribution is 2.31. The molecule has 1 saturated heterocycles. The first kappa shape index (κ1) is 19.9. The number of carbonyl (C=O) groups excluding carboxylic acids is 3. The van der Waals surface area contributed by atoms with Crippen molar-refractivity contribution in [2.45, 2.75) is 18.9 Å². The van der Waals surface area contributed by atoms with E-state index in [0.717, 1.165) is 25.9 Å². The molecule has 0 radical (unpaired) electrons. The summed E-state index contributed by atoms with van der Waals surface area (Å²) in [4.78, 5) is 44.8. The SMILES string of the molecule is COc1ccc(C(=O)ON2C(=O)c3ccccc3C2=O)cc1OC1CCN(C)CC1. The van der Waals surface area contributed by atoms with Crippen LogP contribution in [0.4, 0.5) is 0 Å². The van der Waals surface area contributed by atoms with E-state index in [9.17, 15) is 14.4 Å². The van der Waals surface area contributed by atoms with Gasteiger partial charge in [-0.25, -0.2) is 4.79 Å². The lowest BCUT2D eigenvalue weighted by Crippen LogP contribution is -2.35. The van der Waals surface area contributed by atoms with Crippen molar-refractivity contribution in [3.05, 3.63) is 59.2 Å². The van der Waals surface area contributed by atoms with Crippen LogP contribution >= 0.6 is 0 Å². The van der Waals surface area contributed by atoms with Crippen molar-refractivity contribution in [2.75, 3.05) is 27.2 Å². The Morgan fingerprint density at radius 2 is 1.60 bits per heavy atom. The van der Waals surface area contributed by atoms with E-state index in [0.29, 0.717) is 16.6 Å². The summed E-state index contributed by atoms with van der Waals surface area (Å²) in [7, 11) is 3.58. The van der Waals surface area contributed by atoms with Crippen LogP contribution in [0, 0.1) is 0 Å². The van der Waals surface area contributed by atoms with Crippen molar-refractivity contribution in [2.24, 2.45) is 0 Å². The third kappa shape index (κ3) is 3.73. The van der Waals surface area contributed by atoms with Crippen molar-refractivity contribution >= 4 is 17.8 Å². The molecule has 0 aromatic heterocycles. The molecule has 0 spiro atoms. The zero-order valence-corrected chi connectivity index (χ0v) is 16.8. The van der Waals surface area contributed by atoms with Crippen molar-refractivity contribution in [1.82, 2.24) is 9.96 Å². The number of ether oxygens (including phenoxy) is 2. The van der Waals surface area contributed by atoms with Crippen molar-refractivity contribution in [3.8, 4) is 11.5 Å². The standard InChI is InChI=1S/C22H22N2O6/c1-23-11-9-15(10-12-23)29-19-13-14(7-8-18(19)28-2)22(27)30-24-20(25)16-5-3-4-6-17(16)21(24)26/h3-8,13,15H,9-12H2,1-2H3. The molecule has 2 heterocycles. The molecule has 1 fully saturated rings. The minimum Gasteiger partial charge on any atom is -0.493 e. The Morgan fingerprint density at radius 3 is 2.20 bits per heavy atom. The summed E-state index contributed by atoms with van der Waals surface area (Å²) >= 11 is 0. The fraction of sp³-hybridized carbons (Fsp3) is 0.318. The predicted octanol–water partition coefficient (Wildman–Crippen LogP) is 2.54. The highest BCUT2D eigenvalue weighted by Gasteiger charge is 2.38. The number of rotatable bonds is 5. The number of nitrogens with zero attached hydrogens (tertiary/aromatic N) is 2. The second kappa shape index (κ2) is 8.16. The number of amides is 2. The highest BCUT2D eigenvalue weighted by atomic mass is 16.7. The Hall–Kier alpha value is -3.39. The van der Waals surface area contributed by atoms with Crippen LogP contribution in [0.3, 0.4) is 0 Å². The van der Waals surface area contributed by atoms with Crippen molar-refractivity contribution in [1.29, 1.82) is 0 Å². The van der Waals surface area contributed by atoms with Gasteiger partial charge >= 0.3 is 5.97 Å². The molecule has 30 heavy (non-hydrogen) atoms. The number of carbonyl (C=O) groups is 3. The molecule has 156 valence electrons. The maximum absolute atomic E-state index is 12.7. The van der Waals surface area contributed by atoms with Crippen LogP contribution in [0.1, 0.15) is 43.9 Å². The normalized spacial score (nSPS) is 17.1. The fourth-order valence-corrected chi connectivity index (χ4v) is 3.56. The van der Waals surface area contributed by atoms with Crippen molar-refractivity contribution in [3.63, 3.8) is 0 Å². The van der Waals surface area contributed by atoms with Gasteiger partial charge in [-0.15, -0.1) is 0 Å². The summed E-state index contributed by atoms with van der Waals surface area (Å²) in [5, 5.41) is 0.495. The fourth-order valence-electron chi connectivity index (χ4n) is 3.56. The summed E-state index contributed by atoms with van der Waals surface area (Å²) in [5.41, 5.74) is 0.558. The number of benzene rings is 2. The maximum atomic E-state index is 12.7. The minimum absolute atomic E-state index is 0.0117. The summed E-state index contributed by atoms with van der Waals surface area (Å²) in [6.45, 7) is 1.85. The quantitative estimate of drug-likeness (QED) is 0.700. The Morgan fingerprint density at radius 1 is 0.967 bits per heavy atom. The largest absolute Gasteiger partial charge is 0.493 e. The molecule has 0 atom stereocenters. The van der Waals surface area contributed by atoms with Gasteiger partial charge in [-0.1, -0.05) is 17.2 Å². The van der Waals surface area contributed by atoms with Gasteiger partial charge in [0.25, 0.3) is 11.8 Å². The van der Waals surface area contributed by atoms with Crippen LogP contribution in [0.5, 0.6) is 11.5 Å². The summed E-state index contributed by atoms with van der Waals surface area (Å²) in [6.07, 6.45) is 1.74. The summed E-state index contributed by atoms with van der Waals surface area (Å²) < 4.78 is 11.4. The molecule has 8 heteroatoms. The second-order valence-electron chi connectivity index (χ2n) is 7.32. The molecule has 0 saturated carbocycles. The van der Waals surface area contributed by atoms with E-state index in [1.165, 1.54) is 31.4 Å². The van der Waals surface area contributed by atoms with Gasteiger partial charge in [0.2, 0.25) is 0 Å². The van der Waals surface area contributed by atoms with E-state index in [1.807, 2.05) is 0 Å². The Bertz CT molecular complexity index is 962. The van der Waals surface area contributed by atoms with E-state index < -0.39 is 17.8 Å². The molecular weight excluding hydrogens is 388 g/mol. The van der Waals surface area contributed by atoms with E-state index in [2.05, 4.69) is 11.9 Å². The molecule has 2 amide bonds. The first-order valence-electron chi connectivity index (χ1n) is 9.71. The number of hydrogen-bond acceptors (Lipinski definition) is 7. The lowest BCUT2D eigenvalue weighted by molar-refractivity contribution is -0.0584. The smallest absolute Gasteiger partial charge is 0.364 e. The Balaban J connectivity index is 1.51. The lowest BCUT2D eigenvalue weighted by Gasteiger charge is -2.29. The number of imide groups is 1. The van der Waals surface area contributed by atoms with Crippen LogP contribution in [0.15, 0.2) is 42.5 Å². The minimum atomic E-state index is -0.833. The van der Waals surface area contributed by atoms with Crippen LogP contribution in [-0.2, 0) is 4.84 Å². The molecule has 0 N–H and O–H groups in total. The van der Waals surface area contributed by atoms with Gasteiger partial charge in [0, 0.05) is 13.1 Å². The molecular formula is C22H22N2O6. The highest BCUT2D eigenvalue weighted by molar-refractivity contribution is 6.21. The molecule has 2 aliphatic rings. The average molecular weight is 410 g/mol. The maximum Gasteiger partial charge on any atom is 0.364 e. The van der Waals surface area contributed by atoms with Gasteiger partial charge in [0.05, 0.1) is 23.8 Å². The first-order chi connectivity index (χ1) is 14.5. The first-order valence-corrected chi connectivity index (χ1v) is 9.71. The molecule has 2 aromatic carbocycles. The van der Waals surface area contributed by atoms with E-state index in [4.69, 9.17) is 14.3 Å². The Labute approximate surface area is 173 Å². The van der Waals surface area contributed by atoms with Crippen molar-refractivity contribution < 1.29 is 28.7 Å². The second-order valence-corrected chi connectivity index (χ2v) is 7.32. The van der Waals surface area contributed by atoms with Gasteiger partial charge < -0.3 is 19.2 Å². The number of hydroxylamine groups is 2. The third-order valence-electron chi connectivity index (χ3n) is 5.29.